The van der Waals surface area contributed by atoms with E-state index in [2.05, 4.69) is 70.5 Å². The van der Waals surface area contributed by atoms with Crippen LogP contribution in [0.4, 0.5) is 0 Å². The molecule has 0 bridgehead atoms. The molecule has 1 N–H and O–H groups in total. The average molecular weight is 503 g/mol. The molecule has 162 valence electrons. The van der Waals surface area contributed by atoms with E-state index in [1.807, 2.05) is 48.5 Å². The van der Waals surface area contributed by atoms with E-state index in [-0.39, 0.29) is 11.3 Å². The fourth-order valence-electron chi connectivity index (χ4n) is 4.92. The lowest BCUT2D eigenvalue weighted by atomic mass is 9.84. The van der Waals surface area contributed by atoms with Crippen molar-refractivity contribution in [3.63, 3.8) is 0 Å². The number of halogens is 1. The first-order chi connectivity index (χ1) is 16.7. The number of phenols is 1. The van der Waals surface area contributed by atoms with Gasteiger partial charge in [0.1, 0.15) is 5.75 Å². The number of benzene rings is 6. The van der Waals surface area contributed by atoms with Gasteiger partial charge in [-0.3, -0.25) is 4.79 Å². The van der Waals surface area contributed by atoms with Crippen LogP contribution in [0.3, 0.4) is 0 Å². The molecular formula is C31H19BrO2. The van der Waals surface area contributed by atoms with Crippen molar-refractivity contribution in [3.8, 4) is 28.0 Å². The summed E-state index contributed by atoms with van der Waals surface area (Å²) in [5.41, 5.74) is 4.03. The highest BCUT2D eigenvalue weighted by atomic mass is 79.9. The molecule has 0 unspecified atom stereocenters. The minimum Gasteiger partial charge on any atom is -0.506 e. The Balaban J connectivity index is 1.81. The Bertz CT molecular complexity index is 1750. The highest BCUT2D eigenvalue weighted by Gasteiger charge is 2.22. The first-order valence-electron chi connectivity index (χ1n) is 11.1. The van der Waals surface area contributed by atoms with Gasteiger partial charge in [-0.1, -0.05) is 97.1 Å². The summed E-state index contributed by atoms with van der Waals surface area (Å²) < 4.78 is 0.529. The van der Waals surface area contributed by atoms with Crippen LogP contribution in [0.1, 0.15) is 10.4 Å². The standard InChI is InChI=1S/C31H19BrO2/c32-30-26-12-6-5-11-25(26)29(27(18-33)31(30)34)28-23-10-4-3-8-20(23)15-16-24(28)22-14-13-19-7-1-2-9-21(19)17-22/h1-18,34H. The summed E-state index contributed by atoms with van der Waals surface area (Å²) in [7, 11) is 0. The van der Waals surface area contributed by atoms with Crippen molar-refractivity contribution in [2.45, 2.75) is 0 Å². The van der Waals surface area contributed by atoms with E-state index in [9.17, 15) is 9.90 Å². The Morgan fingerprint density at radius 3 is 2.00 bits per heavy atom. The molecule has 3 heteroatoms. The fraction of sp³-hybridized carbons (Fsp3) is 0. The Kier molecular flexibility index (Phi) is 4.93. The smallest absolute Gasteiger partial charge is 0.154 e. The molecule has 0 fully saturated rings. The largest absolute Gasteiger partial charge is 0.506 e. The van der Waals surface area contributed by atoms with Crippen LogP contribution < -0.4 is 0 Å². The Morgan fingerprint density at radius 2 is 1.24 bits per heavy atom. The molecule has 2 nitrogen and oxygen atoms in total. The summed E-state index contributed by atoms with van der Waals surface area (Å²) in [6.07, 6.45) is 0.758. The number of carbonyl (C=O) groups excluding carboxylic acids is 1. The monoisotopic (exact) mass is 502 g/mol. The highest BCUT2D eigenvalue weighted by molar-refractivity contribution is 9.10. The van der Waals surface area contributed by atoms with Crippen molar-refractivity contribution < 1.29 is 9.90 Å². The quantitative estimate of drug-likeness (QED) is 0.245. The molecule has 0 radical (unpaired) electrons. The number of aldehydes is 1. The van der Waals surface area contributed by atoms with Crippen LogP contribution in [-0.2, 0) is 0 Å². The van der Waals surface area contributed by atoms with Gasteiger partial charge in [-0.25, -0.2) is 0 Å². The zero-order chi connectivity index (χ0) is 23.2. The van der Waals surface area contributed by atoms with E-state index in [0.717, 1.165) is 55.5 Å². The summed E-state index contributed by atoms with van der Waals surface area (Å²) in [4.78, 5) is 12.4. The molecule has 0 heterocycles. The maximum Gasteiger partial charge on any atom is 0.154 e. The van der Waals surface area contributed by atoms with E-state index < -0.39 is 0 Å². The molecule has 0 saturated carbocycles. The van der Waals surface area contributed by atoms with Crippen molar-refractivity contribution in [1.82, 2.24) is 0 Å². The molecule has 0 aliphatic heterocycles. The molecule has 0 aliphatic carbocycles. The lowest BCUT2D eigenvalue weighted by Crippen LogP contribution is -1.96. The lowest BCUT2D eigenvalue weighted by molar-refractivity contribution is 0.112. The molecule has 6 rings (SSSR count). The fourth-order valence-corrected chi connectivity index (χ4v) is 5.48. The van der Waals surface area contributed by atoms with Crippen molar-refractivity contribution in [1.29, 1.82) is 0 Å². The van der Waals surface area contributed by atoms with E-state index in [0.29, 0.717) is 4.47 Å². The van der Waals surface area contributed by atoms with Gasteiger partial charge in [0.05, 0.1) is 10.0 Å². The zero-order valence-corrected chi connectivity index (χ0v) is 19.7. The molecule has 0 aliphatic rings. The van der Waals surface area contributed by atoms with Crippen LogP contribution >= 0.6 is 15.9 Å². The lowest BCUT2D eigenvalue weighted by Gasteiger charge is -2.20. The van der Waals surface area contributed by atoms with E-state index in [1.54, 1.807) is 0 Å². The second-order valence-electron chi connectivity index (χ2n) is 8.39. The molecule has 34 heavy (non-hydrogen) atoms. The minimum absolute atomic E-state index is 0.0407. The topological polar surface area (TPSA) is 37.3 Å². The van der Waals surface area contributed by atoms with Crippen LogP contribution in [0.15, 0.2) is 108 Å². The Hall–Kier alpha value is -3.95. The van der Waals surface area contributed by atoms with Gasteiger partial charge in [0.2, 0.25) is 0 Å². The highest BCUT2D eigenvalue weighted by Crippen LogP contribution is 2.48. The molecule has 0 spiro atoms. The zero-order valence-electron chi connectivity index (χ0n) is 18.1. The summed E-state index contributed by atoms with van der Waals surface area (Å²) >= 11 is 3.51. The number of rotatable bonds is 3. The molecule has 0 atom stereocenters. The van der Waals surface area contributed by atoms with E-state index >= 15 is 0 Å². The van der Waals surface area contributed by atoms with Gasteiger partial charge in [-0.05, 0) is 65.6 Å². The number of fused-ring (bicyclic) bond motifs is 3. The van der Waals surface area contributed by atoms with Gasteiger partial charge in [-0.15, -0.1) is 0 Å². The molecule has 6 aromatic carbocycles. The summed E-state index contributed by atoms with van der Waals surface area (Å²) in [5.74, 6) is -0.0407. The van der Waals surface area contributed by atoms with Crippen LogP contribution in [-0.4, -0.2) is 11.4 Å². The number of hydrogen-bond acceptors (Lipinski definition) is 2. The summed E-state index contributed by atoms with van der Waals surface area (Å²) in [5, 5.41) is 17.2. The van der Waals surface area contributed by atoms with Gasteiger partial charge in [0.25, 0.3) is 0 Å². The minimum atomic E-state index is -0.0407. The first-order valence-corrected chi connectivity index (χ1v) is 11.9. The number of hydrogen-bond donors (Lipinski definition) is 1. The predicted octanol–water partition coefficient (Wildman–Crippen LogP) is 8.76. The van der Waals surface area contributed by atoms with E-state index in [4.69, 9.17) is 0 Å². The van der Waals surface area contributed by atoms with Gasteiger partial charge in [-0.2, -0.15) is 0 Å². The third-order valence-corrected chi connectivity index (χ3v) is 7.33. The first kappa shape index (κ1) is 20.6. The van der Waals surface area contributed by atoms with Crippen molar-refractivity contribution in [3.05, 3.63) is 113 Å². The SMILES string of the molecule is O=Cc1c(O)c(Br)c2ccccc2c1-c1c(-c2ccc3ccccc3c2)ccc2ccccc12. The van der Waals surface area contributed by atoms with Crippen LogP contribution in [0, 0.1) is 0 Å². The van der Waals surface area contributed by atoms with Gasteiger partial charge in [0.15, 0.2) is 6.29 Å². The maximum absolute atomic E-state index is 12.4. The maximum atomic E-state index is 12.4. The second kappa shape index (κ2) is 8.12. The van der Waals surface area contributed by atoms with E-state index in [1.165, 1.54) is 5.39 Å². The molecule has 6 aromatic rings. The van der Waals surface area contributed by atoms with Crippen molar-refractivity contribution in [2.75, 3.05) is 0 Å². The second-order valence-corrected chi connectivity index (χ2v) is 9.18. The van der Waals surface area contributed by atoms with Gasteiger partial charge in [0, 0.05) is 10.9 Å². The van der Waals surface area contributed by atoms with Crippen LogP contribution in [0.2, 0.25) is 0 Å². The Morgan fingerprint density at radius 1 is 0.618 bits per heavy atom. The average Bonchev–Trinajstić information content (AvgIpc) is 2.90. The van der Waals surface area contributed by atoms with Gasteiger partial charge >= 0.3 is 0 Å². The van der Waals surface area contributed by atoms with Crippen LogP contribution in [0.5, 0.6) is 5.75 Å². The summed E-state index contributed by atoms with van der Waals surface area (Å²) in [6, 6.07) is 35.0. The predicted molar refractivity (Wildman–Crippen MR) is 145 cm³/mol. The normalized spacial score (nSPS) is 11.3. The van der Waals surface area contributed by atoms with Crippen molar-refractivity contribution in [2.24, 2.45) is 0 Å². The molecular weight excluding hydrogens is 484 g/mol. The molecule has 0 saturated heterocycles. The Labute approximate surface area is 205 Å². The third-order valence-electron chi connectivity index (χ3n) is 6.52. The van der Waals surface area contributed by atoms with Crippen molar-refractivity contribution >= 4 is 54.5 Å². The van der Waals surface area contributed by atoms with Gasteiger partial charge < -0.3 is 5.11 Å². The molecule has 0 amide bonds. The summed E-state index contributed by atoms with van der Waals surface area (Å²) in [6.45, 7) is 0. The number of phenolic OH excluding ortho intramolecular Hbond substituents is 1. The number of aromatic hydroxyl groups is 1. The molecule has 0 aromatic heterocycles. The van der Waals surface area contributed by atoms with Crippen LogP contribution in [0.25, 0.3) is 54.6 Å². The third kappa shape index (κ3) is 3.12. The number of carbonyl (C=O) groups is 1.